The molecule has 24 heavy (non-hydrogen) atoms. The van der Waals surface area contributed by atoms with Crippen molar-refractivity contribution in [1.82, 2.24) is 19.7 Å². The third kappa shape index (κ3) is 3.20. The van der Waals surface area contributed by atoms with E-state index in [0.717, 1.165) is 11.3 Å². The van der Waals surface area contributed by atoms with E-state index in [1.807, 2.05) is 0 Å². The number of aromatic nitrogens is 4. The summed E-state index contributed by atoms with van der Waals surface area (Å²) in [4.78, 5) is 14.3. The maximum atomic E-state index is 10.8. The Kier molecular flexibility index (Phi) is 4.16. The summed E-state index contributed by atoms with van der Waals surface area (Å²) in [5.41, 5.74) is 3.43. The first kappa shape index (κ1) is 15.6. The third-order valence-corrected chi connectivity index (χ3v) is 3.83. The summed E-state index contributed by atoms with van der Waals surface area (Å²) in [5.74, 6) is 0.370. The lowest BCUT2D eigenvalue weighted by atomic mass is 10.2. The van der Waals surface area contributed by atoms with Gasteiger partial charge in [0.15, 0.2) is 0 Å². The van der Waals surface area contributed by atoms with Gasteiger partial charge >= 0.3 is 5.82 Å². The molecule has 0 aliphatic heterocycles. The zero-order valence-corrected chi connectivity index (χ0v) is 13.1. The first-order valence-electron chi connectivity index (χ1n) is 6.62. The van der Waals surface area contributed by atoms with Crippen LogP contribution in [0, 0.1) is 10.1 Å². The predicted molar refractivity (Wildman–Crippen MR) is 88.1 cm³/mol. The van der Waals surface area contributed by atoms with Crippen LogP contribution in [0.3, 0.4) is 0 Å². The van der Waals surface area contributed by atoms with Gasteiger partial charge in [0.05, 0.1) is 13.3 Å². The topological polar surface area (TPSA) is 131 Å². The van der Waals surface area contributed by atoms with Crippen LogP contribution in [0.2, 0.25) is 0 Å². The molecule has 2 aromatic heterocycles. The first-order valence-corrected chi connectivity index (χ1v) is 7.44. The number of nitrogens with one attached hydrogen (secondary N) is 1. The highest BCUT2D eigenvalue weighted by atomic mass is 32.1. The van der Waals surface area contributed by atoms with E-state index in [2.05, 4.69) is 25.7 Å². The van der Waals surface area contributed by atoms with E-state index < -0.39 is 4.92 Å². The Bertz CT molecular complexity index is 918. The lowest BCUT2D eigenvalue weighted by Gasteiger charge is -1.95. The summed E-state index contributed by atoms with van der Waals surface area (Å²) in [7, 11) is 1.54. The number of aromatic hydroxyl groups is 1. The first-order chi connectivity index (χ1) is 11.5. The molecule has 0 spiro atoms. The Labute approximate surface area is 139 Å². The van der Waals surface area contributed by atoms with E-state index in [1.54, 1.807) is 24.3 Å². The van der Waals surface area contributed by atoms with Crippen molar-refractivity contribution in [3.8, 4) is 16.6 Å². The van der Waals surface area contributed by atoms with Crippen LogP contribution in [0.4, 0.5) is 10.9 Å². The van der Waals surface area contributed by atoms with Crippen LogP contribution in [-0.4, -0.2) is 36.0 Å². The summed E-state index contributed by atoms with van der Waals surface area (Å²) in [5, 5.41) is 32.9. The van der Waals surface area contributed by atoms with Crippen molar-refractivity contribution >= 4 is 28.5 Å². The van der Waals surface area contributed by atoms with Crippen LogP contribution >= 0.6 is 11.3 Å². The molecule has 2 heterocycles. The second-order valence-electron chi connectivity index (χ2n) is 4.63. The van der Waals surface area contributed by atoms with Gasteiger partial charge in [0.25, 0.3) is 5.82 Å². The molecule has 3 aromatic rings. The number of phenols is 1. The number of imidazole rings is 1. The van der Waals surface area contributed by atoms with Crippen LogP contribution in [0.1, 0.15) is 5.56 Å². The van der Waals surface area contributed by atoms with Crippen molar-refractivity contribution in [3.05, 3.63) is 46.1 Å². The van der Waals surface area contributed by atoms with Crippen LogP contribution in [0.15, 0.2) is 35.6 Å². The van der Waals surface area contributed by atoms with Gasteiger partial charge in [-0.15, -0.1) is 10.2 Å². The van der Waals surface area contributed by atoms with Crippen molar-refractivity contribution in [3.63, 3.8) is 0 Å². The second-order valence-corrected chi connectivity index (χ2v) is 5.61. The molecule has 0 saturated heterocycles. The molecule has 11 heteroatoms. The van der Waals surface area contributed by atoms with Gasteiger partial charge in [-0.05, 0) is 22.6 Å². The van der Waals surface area contributed by atoms with Crippen molar-refractivity contribution in [2.24, 2.45) is 12.1 Å². The maximum absolute atomic E-state index is 10.8. The quantitative estimate of drug-likeness (QED) is 0.410. The number of anilines is 1. The third-order valence-electron chi connectivity index (χ3n) is 3.01. The Hall–Kier alpha value is -3.34. The van der Waals surface area contributed by atoms with Gasteiger partial charge in [-0.1, -0.05) is 23.5 Å². The molecule has 0 atom stereocenters. The molecule has 0 bridgehead atoms. The highest BCUT2D eigenvalue weighted by Crippen LogP contribution is 2.27. The maximum Gasteiger partial charge on any atom is 0.342 e. The fraction of sp³-hybridized carbons (Fsp3) is 0.0769. The lowest BCUT2D eigenvalue weighted by Crippen LogP contribution is -1.98. The Morgan fingerprint density at radius 2 is 2.29 bits per heavy atom. The molecule has 0 fully saturated rings. The molecule has 1 aromatic carbocycles. The summed E-state index contributed by atoms with van der Waals surface area (Å²) < 4.78 is 1.33. The fourth-order valence-electron chi connectivity index (χ4n) is 1.89. The zero-order chi connectivity index (χ0) is 17.1. The van der Waals surface area contributed by atoms with Crippen LogP contribution in [0.25, 0.3) is 10.8 Å². The summed E-state index contributed by atoms with van der Waals surface area (Å²) in [6.07, 6.45) is 2.69. The van der Waals surface area contributed by atoms with Crippen molar-refractivity contribution < 1.29 is 10.0 Å². The minimum atomic E-state index is -0.518. The average molecular weight is 345 g/mol. The SMILES string of the molecule is Cn1c([N+](=O)[O-])cnc1-c1nnc(N/N=C/c2cccc(O)c2)s1. The molecule has 0 amide bonds. The van der Waals surface area contributed by atoms with E-state index in [4.69, 9.17) is 0 Å². The normalized spacial score (nSPS) is 11.0. The van der Waals surface area contributed by atoms with Gasteiger partial charge in [-0.2, -0.15) is 5.10 Å². The molecule has 2 N–H and O–H groups in total. The van der Waals surface area contributed by atoms with Crippen LogP contribution < -0.4 is 5.43 Å². The molecule has 0 aliphatic rings. The molecule has 0 aliphatic carbocycles. The molecule has 0 radical (unpaired) electrons. The van der Waals surface area contributed by atoms with Gasteiger partial charge < -0.3 is 15.2 Å². The van der Waals surface area contributed by atoms with E-state index in [0.29, 0.717) is 21.5 Å². The van der Waals surface area contributed by atoms with Gasteiger partial charge in [0, 0.05) is 0 Å². The summed E-state index contributed by atoms with van der Waals surface area (Å²) in [6, 6.07) is 6.61. The molecule has 0 unspecified atom stereocenters. The van der Waals surface area contributed by atoms with E-state index in [-0.39, 0.29) is 11.6 Å². The van der Waals surface area contributed by atoms with Crippen LogP contribution in [0.5, 0.6) is 5.75 Å². The number of phenolic OH excluding ortho intramolecular Hbond substituents is 1. The number of hydrogen-bond acceptors (Lipinski definition) is 9. The fourth-order valence-corrected chi connectivity index (χ4v) is 2.62. The van der Waals surface area contributed by atoms with E-state index >= 15 is 0 Å². The molecule has 122 valence electrons. The Balaban J connectivity index is 1.73. The van der Waals surface area contributed by atoms with E-state index in [9.17, 15) is 15.2 Å². The monoisotopic (exact) mass is 345 g/mol. The number of benzene rings is 1. The predicted octanol–water partition coefficient (Wildman–Crippen LogP) is 2.00. The second kappa shape index (κ2) is 6.42. The lowest BCUT2D eigenvalue weighted by molar-refractivity contribution is -0.391. The Morgan fingerprint density at radius 3 is 3.00 bits per heavy atom. The van der Waals surface area contributed by atoms with Gasteiger partial charge in [-0.3, -0.25) is 5.43 Å². The number of nitro groups is 1. The molecular formula is C13H11N7O3S. The number of hydrazone groups is 1. The smallest absolute Gasteiger partial charge is 0.342 e. The highest BCUT2D eigenvalue weighted by Gasteiger charge is 2.21. The van der Waals surface area contributed by atoms with Gasteiger partial charge in [-0.25, -0.2) is 9.55 Å². The van der Waals surface area contributed by atoms with Crippen molar-refractivity contribution in [2.75, 3.05) is 5.43 Å². The molecule has 0 saturated carbocycles. The van der Waals surface area contributed by atoms with Gasteiger partial charge in [0.2, 0.25) is 10.1 Å². The van der Waals surface area contributed by atoms with E-state index in [1.165, 1.54) is 24.0 Å². The van der Waals surface area contributed by atoms with Gasteiger partial charge in [0.1, 0.15) is 11.9 Å². The minimum Gasteiger partial charge on any atom is -0.508 e. The minimum absolute atomic E-state index is 0.128. The van der Waals surface area contributed by atoms with Crippen molar-refractivity contribution in [2.45, 2.75) is 0 Å². The Morgan fingerprint density at radius 1 is 1.46 bits per heavy atom. The zero-order valence-electron chi connectivity index (χ0n) is 12.3. The molecular weight excluding hydrogens is 334 g/mol. The van der Waals surface area contributed by atoms with Crippen LogP contribution in [-0.2, 0) is 7.05 Å². The summed E-state index contributed by atoms with van der Waals surface area (Å²) in [6.45, 7) is 0. The largest absolute Gasteiger partial charge is 0.508 e. The standard InChI is InChI=1S/C13H11N7O3S/c1-19-10(20(22)23)7-14-11(19)12-16-18-13(24-12)17-15-6-8-3-2-4-9(21)5-8/h2-7,21H,1H3,(H,17,18)/b15-6+. The number of nitrogens with zero attached hydrogens (tertiary/aromatic N) is 6. The average Bonchev–Trinajstić information content (AvgIpc) is 3.14. The summed E-state index contributed by atoms with van der Waals surface area (Å²) >= 11 is 1.16. The highest BCUT2D eigenvalue weighted by molar-refractivity contribution is 7.18. The number of rotatable bonds is 5. The molecule has 10 nitrogen and oxygen atoms in total. The molecule has 3 rings (SSSR count). The number of hydrogen-bond donors (Lipinski definition) is 2. The van der Waals surface area contributed by atoms with Crippen molar-refractivity contribution in [1.29, 1.82) is 0 Å².